The second-order valence-electron chi connectivity index (χ2n) is 4.42. The van der Waals surface area contributed by atoms with Gasteiger partial charge in [-0.1, -0.05) is 24.4 Å². The molecular formula is C14H19N3O3S. The zero-order valence-electron chi connectivity index (χ0n) is 12.0. The first-order valence-electron chi connectivity index (χ1n) is 6.43. The van der Waals surface area contributed by atoms with Gasteiger partial charge >= 0.3 is 0 Å². The Kier molecular flexibility index (Phi) is 6.77. The zero-order chi connectivity index (χ0) is 15.8. The summed E-state index contributed by atoms with van der Waals surface area (Å²) in [4.78, 5) is 24.0. The lowest BCUT2D eigenvalue weighted by atomic mass is 10.1. The fourth-order valence-corrected chi connectivity index (χ4v) is 1.70. The van der Waals surface area contributed by atoms with E-state index >= 15 is 0 Å². The number of amides is 2. The summed E-state index contributed by atoms with van der Waals surface area (Å²) < 4.78 is 4.83. The summed E-state index contributed by atoms with van der Waals surface area (Å²) in [5, 5.41) is 5.27. The Balaban J connectivity index is 2.55. The van der Waals surface area contributed by atoms with Crippen molar-refractivity contribution >= 4 is 29.0 Å². The lowest BCUT2D eigenvalue weighted by Gasteiger charge is -2.14. The molecule has 0 aliphatic rings. The van der Waals surface area contributed by atoms with Crippen LogP contribution in [-0.2, 0) is 9.53 Å². The molecule has 21 heavy (non-hydrogen) atoms. The highest BCUT2D eigenvalue weighted by Crippen LogP contribution is 2.04. The van der Waals surface area contributed by atoms with Gasteiger partial charge in [-0.3, -0.25) is 9.59 Å². The summed E-state index contributed by atoms with van der Waals surface area (Å²) >= 11 is 4.84. The number of benzene rings is 1. The third-order valence-electron chi connectivity index (χ3n) is 2.78. The molecule has 0 saturated heterocycles. The SMILES string of the molecule is COCCNC(=O)C(C)NC(=O)c1ccc(C(N)=S)cc1. The monoisotopic (exact) mass is 309 g/mol. The highest BCUT2D eigenvalue weighted by atomic mass is 32.1. The molecule has 0 radical (unpaired) electrons. The van der Waals surface area contributed by atoms with E-state index in [1.807, 2.05) is 0 Å². The van der Waals surface area contributed by atoms with Crippen LogP contribution in [0.25, 0.3) is 0 Å². The molecule has 1 rings (SSSR count). The molecule has 0 heterocycles. The molecule has 1 aromatic carbocycles. The van der Waals surface area contributed by atoms with E-state index in [0.29, 0.717) is 24.3 Å². The number of methoxy groups -OCH3 is 1. The van der Waals surface area contributed by atoms with Gasteiger partial charge in [-0.05, 0) is 19.1 Å². The van der Waals surface area contributed by atoms with E-state index in [0.717, 1.165) is 0 Å². The van der Waals surface area contributed by atoms with E-state index in [2.05, 4.69) is 10.6 Å². The Morgan fingerprint density at radius 1 is 1.29 bits per heavy atom. The smallest absolute Gasteiger partial charge is 0.251 e. The molecular weight excluding hydrogens is 290 g/mol. The molecule has 0 aromatic heterocycles. The molecule has 7 heteroatoms. The van der Waals surface area contributed by atoms with Crippen molar-refractivity contribution in [3.8, 4) is 0 Å². The van der Waals surface area contributed by atoms with E-state index in [1.54, 1.807) is 38.3 Å². The quantitative estimate of drug-likeness (QED) is 0.494. The average molecular weight is 309 g/mol. The van der Waals surface area contributed by atoms with Crippen molar-refractivity contribution in [1.82, 2.24) is 10.6 Å². The third kappa shape index (κ3) is 5.49. The van der Waals surface area contributed by atoms with Crippen LogP contribution in [-0.4, -0.2) is 43.1 Å². The predicted octanol–water partition coefficient (Wildman–Crippen LogP) is 0.202. The lowest BCUT2D eigenvalue weighted by Crippen LogP contribution is -2.45. The maximum absolute atomic E-state index is 12.0. The molecule has 0 saturated carbocycles. The van der Waals surface area contributed by atoms with Crippen molar-refractivity contribution in [2.45, 2.75) is 13.0 Å². The van der Waals surface area contributed by atoms with E-state index < -0.39 is 6.04 Å². The van der Waals surface area contributed by atoms with E-state index in [4.69, 9.17) is 22.7 Å². The van der Waals surface area contributed by atoms with Gasteiger partial charge in [0, 0.05) is 24.8 Å². The minimum absolute atomic E-state index is 0.264. The summed E-state index contributed by atoms with van der Waals surface area (Å²) in [5.41, 5.74) is 6.61. The Morgan fingerprint density at radius 2 is 1.86 bits per heavy atom. The molecule has 0 fully saturated rings. The van der Waals surface area contributed by atoms with Crippen LogP contribution < -0.4 is 16.4 Å². The molecule has 0 bridgehead atoms. The molecule has 114 valence electrons. The van der Waals surface area contributed by atoms with Gasteiger partial charge in [0.05, 0.1) is 6.61 Å². The van der Waals surface area contributed by atoms with Crippen LogP contribution in [0.1, 0.15) is 22.8 Å². The van der Waals surface area contributed by atoms with Crippen molar-refractivity contribution in [3.05, 3.63) is 35.4 Å². The number of ether oxygens (including phenoxy) is 1. The van der Waals surface area contributed by atoms with Gasteiger partial charge in [0.15, 0.2) is 0 Å². The standard InChI is InChI=1S/C14H19N3O3S/c1-9(13(18)16-7-8-20-2)17-14(19)11-5-3-10(4-6-11)12(15)21/h3-6,9H,7-8H2,1-2H3,(H2,15,21)(H,16,18)(H,17,19). The number of hydrogen-bond donors (Lipinski definition) is 3. The summed E-state index contributed by atoms with van der Waals surface area (Å²) in [6.07, 6.45) is 0. The van der Waals surface area contributed by atoms with Crippen LogP contribution >= 0.6 is 12.2 Å². The molecule has 4 N–H and O–H groups in total. The van der Waals surface area contributed by atoms with Crippen LogP contribution in [0, 0.1) is 0 Å². The number of thiocarbonyl (C=S) groups is 1. The van der Waals surface area contributed by atoms with Crippen molar-refractivity contribution < 1.29 is 14.3 Å². The Morgan fingerprint density at radius 3 is 2.38 bits per heavy atom. The highest BCUT2D eigenvalue weighted by molar-refractivity contribution is 7.80. The molecule has 0 aliphatic carbocycles. The molecule has 0 spiro atoms. The van der Waals surface area contributed by atoms with Gasteiger partial charge in [0.2, 0.25) is 5.91 Å². The molecule has 1 atom stereocenters. The maximum Gasteiger partial charge on any atom is 0.251 e. The second kappa shape index (κ2) is 8.33. The zero-order valence-corrected chi connectivity index (χ0v) is 12.8. The Hall–Kier alpha value is -1.99. The molecule has 1 aromatic rings. The summed E-state index contributed by atoms with van der Waals surface area (Å²) in [6.45, 7) is 2.44. The first-order valence-corrected chi connectivity index (χ1v) is 6.84. The van der Waals surface area contributed by atoms with E-state index in [-0.39, 0.29) is 16.8 Å². The van der Waals surface area contributed by atoms with Crippen LogP contribution in [0.3, 0.4) is 0 Å². The molecule has 0 aliphatic heterocycles. The van der Waals surface area contributed by atoms with Crippen molar-refractivity contribution in [3.63, 3.8) is 0 Å². The third-order valence-corrected chi connectivity index (χ3v) is 3.01. The van der Waals surface area contributed by atoms with E-state index in [9.17, 15) is 9.59 Å². The normalized spacial score (nSPS) is 11.5. The van der Waals surface area contributed by atoms with Gasteiger partial charge in [-0.2, -0.15) is 0 Å². The topological polar surface area (TPSA) is 93.5 Å². The van der Waals surface area contributed by atoms with Crippen molar-refractivity contribution in [1.29, 1.82) is 0 Å². The number of carbonyl (C=O) groups excluding carboxylic acids is 2. The second-order valence-corrected chi connectivity index (χ2v) is 4.86. The van der Waals surface area contributed by atoms with E-state index in [1.165, 1.54) is 0 Å². The summed E-state index contributed by atoms with van der Waals surface area (Å²) in [6, 6.07) is 5.92. The van der Waals surface area contributed by atoms with Gasteiger partial charge in [0.1, 0.15) is 11.0 Å². The number of nitrogens with one attached hydrogen (secondary N) is 2. The van der Waals surface area contributed by atoms with Crippen molar-refractivity contribution in [2.24, 2.45) is 5.73 Å². The minimum Gasteiger partial charge on any atom is -0.389 e. The maximum atomic E-state index is 12.0. The average Bonchev–Trinajstić information content (AvgIpc) is 2.47. The first kappa shape index (κ1) is 17.1. The fourth-order valence-electron chi connectivity index (χ4n) is 1.56. The molecule has 2 amide bonds. The fraction of sp³-hybridized carbons (Fsp3) is 0.357. The Bertz CT molecular complexity index is 517. The minimum atomic E-state index is -0.635. The van der Waals surface area contributed by atoms with Crippen molar-refractivity contribution in [2.75, 3.05) is 20.3 Å². The largest absolute Gasteiger partial charge is 0.389 e. The summed E-state index contributed by atoms with van der Waals surface area (Å²) in [7, 11) is 1.55. The van der Waals surface area contributed by atoms with Crippen LogP contribution in [0.15, 0.2) is 24.3 Å². The number of rotatable bonds is 7. The lowest BCUT2D eigenvalue weighted by molar-refractivity contribution is -0.122. The van der Waals surface area contributed by atoms with Crippen LogP contribution in [0.5, 0.6) is 0 Å². The number of carbonyl (C=O) groups is 2. The van der Waals surface area contributed by atoms with Crippen LogP contribution in [0.4, 0.5) is 0 Å². The molecule has 6 nitrogen and oxygen atoms in total. The number of hydrogen-bond acceptors (Lipinski definition) is 4. The first-order chi connectivity index (χ1) is 9.95. The van der Waals surface area contributed by atoms with Gasteiger partial charge in [-0.25, -0.2) is 0 Å². The number of nitrogens with two attached hydrogens (primary N) is 1. The predicted molar refractivity (Wildman–Crippen MR) is 84.1 cm³/mol. The summed E-state index contributed by atoms with van der Waals surface area (Å²) in [5.74, 6) is -0.598. The van der Waals surface area contributed by atoms with Crippen LogP contribution in [0.2, 0.25) is 0 Å². The van der Waals surface area contributed by atoms with Gasteiger partial charge in [-0.15, -0.1) is 0 Å². The molecule has 1 unspecified atom stereocenters. The van der Waals surface area contributed by atoms with Gasteiger partial charge in [0.25, 0.3) is 5.91 Å². The van der Waals surface area contributed by atoms with Gasteiger partial charge < -0.3 is 21.1 Å². The highest BCUT2D eigenvalue weighted by Gasteiger charge is 2.16. The Labute approximate surface area is 129 Å².